The van der Waals surface area contributed by atoms with Crippen LogP contribution in [-0.2, 0) is 7.05 Å². The number of benzene rings is 1. The summed E-state index contributed by atoms with van der Waals surface area (Å²) in [6.07, 6.45) is 1.51. The molecule has 0 aliphatic rings. The van der Waals surface area contributed by atoms with Crippen LogP contribution in [0.3, 0.4) is 0 Å². The second-order valence-corrected chi connectivity index (χ2v) is 3.66. The summed E-state index contributed by atoms with van der Waals surface area (Å²) in [5, 5.41) is 6.42. The number of aryl methyl sites for hydroxylation is 1. The Hall–Kier alpha value is -2.37. The third-order valence-corrected chi connectivity index (χ3v) is 2.35. The van der Waals surface area contributed by atoms with E-state index in [0.717, 1.165) is 0 Å². The van der Waals surface area contributed by atoms with E-state index in [0.29, 0.717) is 0 Å². The number of rotatable bonds is 3. The Morgan fingerprint density at radius 2 is 2.17 bits per heavy atom. The van der Waals surface area contributed by atoms with Gasteiger partial charge in [-0.1, -0.05) is 12.1 Å². The van der Waals surface area contributed by atoms with Crippen LogP contribution in [0.15, 0.2) is 30.5 Å². The minimum Gasteiger partial charge on any atom is -0.479 e. The maximum absolute atomic E-state index is 13.4. The molecule has 0 saturated heterocycles. The number of anilines is 1. The molecule has 0 fully saturated rings. The van der Waals surface area contributed by atoms with Gasteiger partial charge in [-0.25, -0.2) is 4.39 Å². The number of amides is 1. The number of hydrogen-bond donors (Lipinski definition) is 1. The average Bonchev–Trinajstić information content (AvgIpc) is 2.73. The van der Waals surface area contributed by atoms with E-state index >= 15 is 0 Å². The Morgan fingerprint density at radius 3 is 2.83 bits per heavy atom. The Morgan fingerprint density at radius 1 is 1.44 bits per heavy atom. The summed E-state index contributed by atoms with van der Waals surface area (Å²) in [5.41, 5.74) is 0.372. The Balaban J connectivity index is 2.25. The monoisotopic (exact) mass is 249 g/mol. The topological polar surface area (TPSA) is 56.2 Å². The van der Waals surface area contributed by atoms with Crippen LogP contribution in [0.4, 0.5) is 10.1 Å². The van der Waals surface area contributed by atoms with Crippen molar-refractivity contribution in [3.05, 3.63) is 41.8 Å². The quantitative estimate of drug-likeness (QED) is 0.902. The first kappa shape index (κ1) is 12.1. The lowest BCUT2D eigenvalue weighted by atomic mass is 10.2. The predicted octanol–water partition coefficient (Wildman–Crippen LogP) is 1.82. The molecule has 0 unspecified atom stereocenters. The first-order valence-electron chi connectivity index (χ1n) is 5.25. The molecule has 94 valence electrons. The van der Waals surface area contributed by atoms with Gasteiger partial charge in [-0.05, 0) is 12.1 Å². The molecule has 18 heavy (non-hydrogen) atoms. The van der Waals surface area contributed by atoms with Gasteiger partial charge in [0, 0.05) is 13.2 Å². The molecule has 0 aliphatic heterocycles. The minimum atomic E-state index is -0.492. The molecule has 1 aromatic heterocycles. The summed E-state index contributed by atoms with van der Waals surface area (Å²) >= 11 is 0. The standard InChI is InChI=1S/C12H12FN3O2/c1-16-7-8(12(15-16)18-2)11(17)14-10-6-4-3-5-9(10)13/h3-7H,1-2H3,(H,14,17). The van der Waals surface area contributed by atoms with Crippen molar-refractivity contribution in [2.75, 3.05) is 12.4 Å². The molecule has 2 aromatic rings. The molecular weight excluding hydrogens is 237 g/mol. The largest absolute Gasteiger partial charge is 0.479 e. The molecule has 2 rings (SSSR count). The lowest BCUT2D eigenvalue weighted by Gasteiger charge is -2.05. The van der Waals surface area contributed by atoms with Crippen LogP contribution in [0, 0.1) is 5.82 Å². The van der Waals surface area contributed by atoms with E-state index in [2.05, 4.69) is 10.4 Å². The Labute approximate surface area is 103 Å². The summed E-state index contributed by atoms with van der Waals surface area (Å²) in [6.45, 7) is 0. The number of aromatic nitrogens is 2. The third-order valence-electron chi connectivity index (χ3n) is 2.35. The van der Waals surface area contributed by atoms with E-state index in [-0.39, 0.29) is 17.1 Å². The number of halogens is 1. The fraction of sp³-hybridized carbons (Fsp3) is 0.167. The molecular formula is C12H12FN3O2. The number of ether oxygens (including phenoxy) is 1. The van der Waals surface area contributed by atoms with Gasteiger partial charge >= 0.3 is 0 Å². The average molecular weight is 249 g/mol. The molecule has 5 nitrogen and oxygen atoms in total. The number of hydrogen-bond acceptors (Lipinski definition) is 3. The number of methoxy groups -OCH3 is 1. The highest BCUT2D eigenvalue weighted by atomic mass is 19.1. The maximum atomic E-state index is 13.4. The van der Waals surface area contributed by atoms with Crippen molar-refractivity contribution >= 4 is 11.6 Å². The fourth-order valence-corrected chi connectivity index (χ4v) is 1.53. The summed E-state index contributed by atoms with van der Waals surface area (Å²) in [7, 11) is 3.09. The van der Waals surface area contributed by atoms with Crippen LogP contribution in [0.5, 0.6) is 5.88 Å². The zero-order valence-corrected chi connectivity index (χ0v) is 9.98. The lowest BCUT2D eigenvalue weighted by Crippen LogP contribution is -2.13. The van der Waals surface area contributed by atoms with Crippen molar-refractivity contribution in [3.8, 4) is 5.88 Å². The van der Waals surface area contributed by atoms with Crippen LogP contribution in [0.1, 0.15) is 10.4 Å². The van der Waals surface area contributed by atoms with Crippen molar-refractivity contribution in [1.29, 1.82) is 0 Å². The van der Waals surface area contributed by atoms with Crippen molar-refractivity contribution in [3.63, 3.8) is 0 Å². The summed E-state index contributed by atoms with van der Waals surface area (Å²) in [6, 6.07) is 5.95. The summed E-state index contributed by atoms with van der Waals surface area (Å²) in [4.78, 5) is 11.9. The number of nitrogens with zero attached hydrogens (tertiary/aromatic N) is 2. The summed E-state index contributed by atoms with van der Waals surface area (Å²) < 4.78 is 19.8. The van der Waals surface area contributed by atoms with Crippen LogP contribution in [-0.4, -0.2) is 22.8 Å². The first-order valence-corrected chi connectivity index (χ1v) is 5.25. The van der Waals surface area contributed by atoms with Gasteiger partial charge in [-0.2, -0.15) is 0 Å². The normalized spacial score (nSPS) is 10.2. The van der Waals surface area contributed by atoms with Gasteiger partial charge in [0.25, 0.3) is 5.91 Å². The number of nitrogens with one attached hydrogen (secondary N) is 1. The highest BCUT2D eigenvalue weighted by Gasteiger charge is 2.17. The minimum absolute atomic E-state index is 0.119. The maximum Gasteiger partial charge on any atom is 0.262 e. The third kappa shape index (κ3) is 2.32. The molecule has 1 N–H and O–H groups in total. The van der Waals surface area contributed by atoms with Gasteiger partial charge < -0.3 is 10.1 Å². The van der Waals surface area contributed by atoms with E-state index in [1.807, 2.05) is 0 Å². The predicted molar refractivity (Wildman–Crippen MR) is 64.1 cm³/mol. The van der Waals surface area contributed by atoms with Gasteiger partial charge in [0.05, 0.1) is 12.8 Å². The highest BCUT2D eigenvalue weighted by Crippen LogP contribution is 2.18. The van der Waals surface area contributed by atoms with E-state index in [1.165, 1.54) is 30.1 Å². The van der Waals surface area contributed by atoms with E-state index in [4.69, 9.17) is 4.74 Å². The van der Waals surface area contributed by atoms with Crippen molar-refractivity contribution < 1.29 is 13.9 Å². The molecule has 0 atom stereocenters. The van der Waals surface area contributed by atoms with Crippen LogP contribution in [0.2, 0.25) is 0 Å². The fourth-order valence-electron chi connectivity index (χ4n) is 1.53. The zero-order valence-electron chi connectivity index (χ0n) is 9.98. The van der Waals surface area contributed by atoms with Gasteiger partial charge in [0.15, 0.2) is 0 Å². The second-order valence-electron chi connectivity index (χ2n) is 3.66. The smallest absolute Gasteiger partial charge is 0.262 e. The zero-order chi connectivity index (χ0) is 13.1. The van der Waals surface area contributed by atoms with Gasteiger partial charge in [0.2, 0.25) is 5.88 Å². The van der Waals surface area contributed by atoms with Crippen LogP contribution < -0.4 is 10.1 Å². The molecule has 1 aromatic carbocycles. The Kier molecular flexibility index (Phi) is 3.27. The lowest BCUT2D eigenvalue weighted by molar-refractivity contribution is 0.102. The molecule has 1 amide bonds. The van der Waals surface area contributed by atoms with E-state index in [9.17, 15) is 9.18 Å². The SMILES string of the molecule is COc1nn(C)cc1C(=O)Nc1ccccc1F. The Bertz CT molecular complexity index is 580. The van der Waals surface area contributed by atoms with E-state index in [1.54, 1.807) is 19.2 Å². The number of para-hydroxylation sites is 1. The molecule has 0 aliphatic carbocycles. The molecule has 0 spiro atoms. The van der Waals surface area contributed by atoms with Crippen molar-refractivity contribution in [2.24, 2.45) is 7.05 Å². The van der Waals surface area contributed by atoms with Gasteiger partial charge in [-0.3, -0.25) is 9.48 Å². The first-order chi connectivity index (χ1) is 8.61. The van der Waals surface area contributed by atoms with Gasteiger partial charge in [-0.15, -0.1) is 5.10 Å². The van der Waals surface area contributed by atoms with Crippen LogP contribution in [0.25, 0.3) is 0 Å². The summed E-state index contributed by atoms with van der Waals surface area (Å²) in [5.74, 6) is -0.759. The second kappa shape index (κ2) is 4.87. The van der Waals surface area contributed by atoms with Crippen molar-refractivity contribution in [2.45, 2.75) is 0 Å². The molecule has 0 bridgehead atoms. The van der Waals surface area contributed by atoms with E-state index < -0.39 is 11.7 Å². The van der Waals surface area contributed by atoms with Gasteiger partial charge in [0.1, 0.15) is 11.4 Å². The number of carbonyl (C=O) groups is 1. The highest BCUT2D eigenvalue weighted by molar-refractivity contribution is 6.05. The molecule has 0 saturated carbocycles. The molecule has 1 heterocycles. The van der Waals surface area contributed by atoms with Crippen molar-refractivity contribution in [1.82, 2.24) is 9.78 Å². The molecule has 6 heteroatoms. The molecule has 0 radical (unpaired) electrons. The number of carbonyl (C=O) groups excluding carboxylic acids is 1. The van der Waals surface area contributed by atoms with Crippen LogP contribution >= 0.6 is 0 Å².